The number of primary amides is 1. The van der Waals surface area contributed by atoms with Gasteiger partial charge >= 0.3 is 6.18 Å². The van der Waals surface area contributed by atoms with Crippen LogP contribution in [0.25, 0.3) is 11.4 Å². The average Bonchev–Trinajstić information content (AvgIpc) is 3.03. The predicted octanol–water partition coefficient (Wildman–Crippen LogP) is 2.60. The van der Waals surface area contributed by atoms with Crippen molar-refractivity contribution in [1.29, 1.82) is 0 Å². The normalized spacial score (nSPS) is 19.1. The van der Waals surface area contributed by atoms with E-state index >= 15 is 0 Å². The van der Waals surface area contributed by atoms with Gasteiger partial charge in [-0.2, -0.15) is 18.2 Å². The van der Waals surface area contributed by atoms with Crippen molar-refractivity contribution in [2.24, 2.45) is 5.73 Å². The fraction of sp³-hybridized carbons (Fsp3) is 0.438. The van der Waals surface area contributed by atoms with Crippen LogP contribution in [0.3, 0.4) is 0 Å². The highest BCUT2D eigenvalue weighted by Gasteiger charge is 2.30. The van der Waals surface area contributed by atoms with Gasteiger partial charge in [0.15, 0.2) is 0 Å². The fourth-order valence-electron chi connectivity index (χ4n) is 2.92. The fourth-order valence-corrected chi connectivity index (χ4v) is 2.92. The summed E-state index contributed by atoms with van der Waals surface area (Å²) in [5, 5.41) is 3.80. The predicted molar refractivity (Wildman–Crippen MR) is 82.0 cm³/mol. The van der Waals surface area contributed by atoms with Crippen LogP contribution in [0.4, 0.5) is 13.2 Å². The summed E-state index contributed by atoms with van der Waals surface area (Å²) in [6.45, 7) is 0.979. The molecule has 25 heavy (non-hydrogen) atoms. The molecule has 2 aromatic rings. The maximum absolute atomic E-state index is 12.6. The van der Waals surface area contributed by atoms with E-state index in [1.54, 1.807) is 0 Å². The number of nitrogens with zero attached hydrogens (tertiary/aromatic N) is 3. The lowest BCUT2D eigenvalue weighted by Crippen LogP contribution is -2.47. The monoisotopic (exact) mass is 354 g/mol. The van der Waals surface area contributed by atoms with Crippen molar-refractivity contribution < 1.29 is 22.5 Å². The van der Waals surface area contributed by atoms with Crippen molar-refractivity contribution in [1.82, 2.24) is 15.0 Å². The smallest absolute Gasteiger partial charge is 0.368 e. The molecule has 1 aromatic heterocycles. The number of piperidine rings is 1. The quantitative estimate of drug-likeness (QED) is 0.912. The largest absolute Gasteiger partial charge is 0.416 e. The Labute approximate surface area is 141 Å². The van der Waals surface area contributed by atoms with Gasteiger partial charge in [0, 0.05) is 5.56 Å². The third-order valence-corrected chi connectivity index (χ3v) is 4.22. The first-order valence-electron chi connectivity index (χ1n) is 7.88. The topological polar surface area (TPSA) is 85.3 Å². The van der Waals surface area contributed by atoms with Crippen LogP contribution in [0.5, 0.6) is 0 Å². The Morgan fingerprint density at radius 3 is 2.64 bits per heavy atom. The summed E-state index contributed by atoms with van der Waals surface area (Å²) >= 11 is 0. The maximum Gasteiger partial charge on any atom is 0.416 e. The number of likely N-dealkylation sites (tertiary alicyclic amines) is 1. The van der Waals surface area contributed by atoms with Gasteiger partial charge in [0.1, 0.15) is 0 Å². The highest BCUT2D eigenvalue weighted by Crippen LogP contribution is 2.30. The van der Waals surface area contributed by atoms with E-state index in [0.717, 1.165) is 25.0 Å². The second-order valence-electron chi connectivity index (χ2n) is 5.97. The Balaban J connectivity index is 1.73. The molecule has 9 heteroatoms. The number of benzene rings is 1. The molecule has 3 rings (SSSR count). The van der Waals surface area contributed by atoms with Gasteiger partial charge in [0.2, 0.25) is 17.6 Å². The number of hydrogen-bond acceptors (Lipinski definition) is 5. The molecule has 1 aromatic carbocycles. The lowest BCUT2D eigenvalue weighted by atomic mass is 10.0. The van der Waals surface area contributed by atoms with E-state index < -0.39 is 11.7 Å². The molecule has 6 nitrogen and oxygen atoms in total. The van der Waals surface area contributed by atoms with E-state index in [2.05, 4.69) is 10.1 Å². The number of aromatic nitrogens is 2. The third-order valence-electron chi connectivity index (χ3n) is 4.22. The van der Waals surface area contributed by atoms with Crippen LogP contribution in [0.2, 0.25) is 0 Å². The van der Waals surface area contributed by atoms with E-state index in [1.807, 2.05) is 4.90 Å². The van der Waals surface area contributed by atoms with Crippen LogP contribution < -0.4 is 5.73 Å². The molecule has 1 amide bonds. The summed E-state index contributed by atoms with van der Waals surface area (Å²) in [5.74, 6) is 0.113. The summed E-state index contributed by atoms with van der Waals surface area (Å²) in [4.78, 5) is 17.6. The lowest BCUT2D eigenvalue weighted by molar-refractivity contribution is -0.137. The molecule has 1 aliphatic rings. The summed E-state index contributed by atoms with van der Waals surface area (Å²) in [6.07, 6.45) is -1.82. The number of rotatable bonds is 4. The van der Waals surface area contributed by atoms with Crippen LogP contribution in [0.15, 0.2) is 28.8 Å². The Hall–Kier alpha value is -2.42. The van der Waals surface area contributed by atoms with Gasteiger partial charge in [-0.1, -0.05) is 23.7 Å². The molecule has 0 bridgehead atoms. The Morgan fingerprint density at radius 1 is 1.28 bits per heavy atom. The van der Waals surface area contributed by atoms with Crippen molar-refractivity contribution in [2.75, 3.05) is 6.54 Å². The van der Waals surface area contributed by atoms with Crippen molar-refractivity contribution in [3.63, 3.8) is 0 Å². The average molecular weight is 354 g/mol. The van der Waals surface area contributed by atoms with E-state index in [4.69, 9.17) is 10.3 Å². The highest BCUT2D eigenvalue weighted by molar-refractivity contribution is 5.79. The minimum Gasteiger partial charge on any atom is -0.368 e. The standard InChI is InChI=1S/C16H17F3N4O2/c17-16(18,19)11-6-4-10(5-7-11)15-21-13(25-22-15)9-23-8-2-1-3-12(23)14(20)24/h4-7,12H,1-3,8-9H2,(H2,20,24)/t12-/m1/s1. The minimum atomic E-state index is -4.39. The Bertz CT molecular complexity index is 743. The van der Waals surface area contributed by atoms with Gasteiger partial charge in [-0.25, -0.2) is 0 Å². The molecule has 1 saturated heterocycles. The molecule has 2 N–H and O–H groups in total. The molecule has 1 atom stereocenters. The van der Waals surface area contributed by atoms with Gasteiger partial charge < -0.3 is 10.3 Å². The van der Waals surface area contributed by atoms with Crippen molar-refractivity contribution in [3.05, 3.63) is 35.7 Å². The zero-order chi connectivity index (χ0) is 18.0. The highest BCUT2D eigenvalue weighted by atomic mass is 19.4. The molecule has 1 fully saturated rings. The second kappa shape index (κ2) is 6.83. The summed E-state index contributed by atoms with van der Waals surface area (Å²) in [7, 11) is 0. The molecular weight excluding hydrogens is 337 g/mol. The summed E-state index contributed by atoms with van der Waals surface area (Å²) < 4.78 is 43.0. The van der Waals surface area contributed by atoms with Crippen molar-refractivity contribution in [2.45, 2.75) is 38.0 Å². The van der Waals surface area contributed by atoms with Gasteiger partial charge in [0.25, 0.3) is 0 Å². The number of halogens is 3. The molecular formula is C16H17F3N4O2. The van der Waals surface area contributed by atoms with Crippen LogP contribution in [-0.4, -0.2) is 33.5 Å². The molecule has 1 aliphatic heterocycles. The van der Waals surface area contributed by atoms with Gasteiger partial charge in [-0.05, 0) is 31.5 Å². The molecule has 0 aliphatic carbocycles. The third kappa shape index (κ3) is 3.98. The van der Waals surface area contributed by atoms with E-state index in [-0.39, 0.29) is 24.3 Å². The Kier molecular flexibility index (Phi) is 4.76. The number of alkyl halides is 3. The summed E-state index contributed by atoms with van der Waals surface area (Å²) in [5.41, 5.74) is 5.10. The first-order valence-corrected chi connectivity index (χ1v) is 7.88. The number of nitrogens with two attached hydrogens (primary N) is 1. The van der Waals surface area contributed by atoms with Crippen molar-refractivity contribution in [3.8, 4) is 11.4 Å². The number of amides is 1. The van der Waals surface area contributed by atoms with Crippen LogP contribution in [0.1, 0.15) is 30.7 Å². The van der Waals surface area contributed by atoms with Crippen LogP contribution in [-0.2, 0) is 17.5 Å². The first-order chi connectivity index (χ1) is 11.8. The Morgan fingerprint density at radius 2 is 2.00 bits per heavy atom. The van der Waals surface area contributed by atoms with E-state index in [9.17, 15) is 18.0 Å². The number of hydrogen-bond donors (Lipinski definition) is 1. The summed E-state index contributed by atoms with van der Waals surface area (Å²) in [6, 6.07) is 4.17. The first kappa shape index (κ1) is 17.4. The number of carbonyl (C=O) groups is 1. The van der Waals surface area contributed by atoms with Gasteiger partial charge in [-0.3, -0.25) is 9.69 Å². The molecule has 0 saturated carbocycles. The SMILES string of the molecule is NC(=O)[C@H]1CCCCN1Cc1nc(-c2ccc(C(F)(F)F)cc2)no1. The molecule has 134 valence electrons. The maximum atomic E-state index is 12.6. The molecule has 0 spiro atoms. The molecule has 2 heterocycles. The van der Waals surface area contributed by atoms with Gasteiger partial charge in [0.05, 0.1) is 18.2 Å². The molecule has 0 unspecified atom stereocenters. The van der Waals surface area contributed by atoms with E-state index in [1.165, 1.54) is 12.1 Å². The van der Waals surface area contributed by atoms with Crippen LogP contribution in [0, 0.1) is 0 Å². The zero-order valence-corrected chi connectivity index (χ0v) is 13.3. The minimum absolute atomic E-state index is 0.205. The second-order valence-corrected chi connectivity index (χ2v) is 5.97. The lowest BCUT2D eigenvalue weighted by Gasteiger charge is -2.32. The zero-order valence-electron chi connectivity index (χ0n) is 13.3. The van der Waals surface area contributed by atoms with Crippen molar-refractivity contribution >= 4 is 5.91 Å². The van der Waals surface area contributed by atoms with Crippen LogP contribution >= 0.6 is 0 Å². The van der Waals surface area contributed by atoms with E-state index in [0.29, 0.717) is 24.4 Å². The number of carbonyl (C=O) groups excluding carboxylic acids is 1. The molecule has 0 radical (unpaired) electrons. The van der Waals surface area contributed by atoms with Gasteiger partial charge in [-0.15, -0.1) is 0 Å².